The minimum atomic E-state index is -1.08. The second-order valence-electron chi connectivity index (χ2n) is 7.05. The van der Waals surface area contributed by atoms with Gasteiger partial charge < -0.3 is 15.2 Å². The molecule has 0 amide bonds. The van der Waals surface area contributed by atoms with E-state index in [-0.39, 0.29) is 0 Å². The fourth-order valence-corrected chi connectivity index (χ4v) is 4.31. The molecular formula is C23H15N3O3. The van der Waals surface area contributed by atoms with Crippen molar-refractivity contribution in [1.29, 1.82) is 0 Å². The molecule has 4 aromatic rings. The number of nitrogen functional groups attached to an aromatic ring is 1. The minimum Gasteiger partial charge on any atom is -0.456 e. The molecule has 0 bridgehead atoms. The first-order valence-corrected chi connectivity index (χ1v) is 9.24. The van der Waals surface area contributed by atoms with Crippen molar-refractivity contribution in [2.75, 3.05) is 5.73 Å². The molecule has 1 spiro atoms. The maximum absolute atomic E-state index is 13.2. The summed E-state index contributed by atoms with van der Waals surface area (Å²) in [6, 6.07) is 22.6. The average Bonchev–Trinajstić information content (AvgIpc) is 3.31. The molecule has 6 rings (SSSR count). The SMILES string of the molecule is Nc1ccn(-c2cccc3c2C(=O)OC32c3ccccc3Oc3ccccc32)n1. The summed E-state index contributed by atoms with van der Waals surface area (Å²) < 4.78 is 13.9. The Hall–Kier alpha value is -4.06. The Balaban J connectivity index is 1.70. The molecule has 2 aliphatic rings. The lowest BCUT2D eigenvalue weighted by Crippen LogP contribution is -2.32. The van der Waals surface area contributed by atoms with Gasteiger partial charge in [0.1, 0.15) is 17.3 Å². The molecule has 3 heterocycles. The Morgan fingerprint density at radius 2 is 1.48 bits per heavy atom. The Kier molecular flexibility index (Phi) is 3.01. The molecule has 0 aliphatic carbocycles. The number of aromatic nitrogens is 2. The molecule has 3 aromatic carbocycles. The normalized spacial score (nSPS) is 15.2. The highest BCUT2D eigenvalue weighted by Crippen LogP contribution is 2.56. The van der Waals surface area contributed by atoms with Crippen LogP contribution in [0.15, 0.2) is 79.0 Å². The number of carbonyl (C=O) groups is 1. The van der Waals surface area contributed by atoms with Crippen molar-refractivity contribution in [2.24, 2.45) is 0 Å². The van der Waals surface area contributed by atoms with Crippen molar-refractivity contribution in [3.05, 3.63) is 101 Å². The van der Waals surface area contributed by atoms with Gasteiger partial charge in [0, 0.05) is 29.0 Å². The van der Waals surface area contributed by atoms with Crippen molar-refractivity contribution >= 4 is 11.8 Å². The van der Waals surface area contributed by atoms with E-state index in [0.29, 0.717) is 28.6 Å². The maximum Gasteiger partial charge on any atom is 0.342 e. The molecule has 0 atom stereocenters. The number of benzene rings is 3. The van der Waals surface area contributed by atoms with Gasteiger partial charge in [0.05, 0.1) is 11.3 Å². The number of hydrogen-bond donors (Lipinski definition) is 1. The summed E-state index contributed by atoms with van der Waals surface area (Å²) in [4.78, 5) is 13.2. The first kappa shape index (κ1) is 15.9. The number of hydrogen-bond acceptors (Lipinski definition) is 5. The third-order valence-electron chi connectivity index (χ3n) is 5.48. The zero-order valence-electron chi connectivity index (χ0n) is 15.2. The van der Waals surface area contributed by atoms with Gasteiger partial charge in [0.2, 0.25) is 0 Å². The lowest BCUT2D eigenvalue weighted by atomic mass is 9.77. The summed E-state index contributed by atoms with van der Waals surface area (Å²) in [5.41, 5.74) is 8.17. The molecule has 2 N–H and O–H groups in total. The van der Waals surface area contributed by atoms with Gasteiger partial charge in [-0.1, -0.05) is 48.5 Å². The third kappa shape index (κ3) is 2.00. The fourth-order valence-electron chi connectivity index (χ4n) is 4.31. The van der Waals surface area contributed by atoms with Gasteiger partial charge in [-0.3, -0.25) is 0 Å². The van der Waals surface area contributed by atoms with E-state index in [2.05, 4.69) is 5.10 Å². The summed E-state index contributed by atoms with van der Waals surface area (Å²) in [6.45, 7) is 0. The molecule has 0 saturated heterocycles. The van der Waals surface area contributed by atoms with Crippen LogP contribution in [0.5, 0.6) is 11.5 Å². The van der Waals surface area contributed by atoms with Crippen LogP contribution in [0.4, 0.5) is 5.82 Å². The number of rotatable bonds is 1. The number of nitrogens with two attached hydrogens (primary N) is 1. The topological polar surface area (TPSA) is 79.4 Å². The summed E-state index contributed by atoms with van der Waals surface area (Å²) >= 11 is 0. The quantitative estimate of drug-likeness (QED) is 0.504. The molecule has 0 fully saturated rings. The van der Waals surface area contributed by atoms with Gasteiger partial charge in [0.25, 0.3) is 0 Å². The van der Waals surface area contributed by atoms with E-state index in [4.69, 9.17) is 15.2 Å². The highest BCUT2D eigenvalue weighted by atomic mass is 16.6. The fraction of sp³-hybridized carbons (Fsp3) is 0.0435. The van der Waals surface area contributed by atoms with E-state index in [1.165, 1.54) is 0 Å². The van der Waals surface area contributed by atoms with Crippen LogP contribution in [0.1, 0.15) is 27.0 Å². The minimum absolute atomic E-state index is 0.380. The Bertz CT molecular complexity index is 1260. The van der Waals surface area contributed by atoms with Crippen molar-refractivity contribution < 1.29 is 14.3 Å². The van der Waals surface area contributed by atoms with Crippen molar-refractivity contribution in [3.63, 3.8) is 0 Å². The van der Waals surface area contributed by atoms with Crippen molar-refractivity contribution in [3.8, 4) is 17.2 Å². The molecule has 6 nitrogen and oxygen atoms in total. The van der Waals surface area contributed by atoms with Crippen LogP contribution in [0, 0.1) is 0 Å². The second-order valence-corrected chi connectivity index (χ2v) is 7.05. The summed E-state index contributed by atoms with van der Waals surface area (Å²) in [5, 5.41) is 4.28. The zero-order chi connectivity index (χ0) is 19.6. The van der Waals surface area contributed by atoms with Gasteiger partial charge in [-0.05, 0) is 18.2 Å². The Labute approximate surface area is 166 Å². The number of esters is 1. The van der Waals surface area contributed by atoms with Gasteiger partial charge in [0.15, 0.2) is 5.60 Å². The number of anilines is 1. The molecule has 0 saturated carbocycles. The molecule has 6 heteroatoms. The van der Waals surface area contributed by atoms with E-state index in [9.17, 15) is 4.79 Å². The number of carbonyl (C=O) groups excluding carboxylic acids is 1. The monoisotopic (exact) mass is 381 g/mol. The van der Waals surface area contributed by atoms with Gasteiger partial charge in [-0.25, -0.2) is 9.48 Å². The molecular weight excluding hydrogens is 366 g/mol. The largest absolute Gasteiger partial charge is 0.456 e. The van der Waals surface area contributed by atoms with Crippen LogP contribution >= 0.6 is 0 Å². The van der Waals surface area contributed by atoms with Crippen LogP contribution in [-0.2, 0) is 10.3 Å². The van der Waals surface area contributed by atoms with Gasteiger partial charge >= 0.3 is 5.97 Å². The van der Waals surface area contributed by atoms with Crippen molar-refractivity contribution in [1.82, 2.24) is 9.78 Å². The van der Waals surface area contributed by atoms with Crippen LogP contribution < -0.4 is 10.5 Å². The van der Waals surface area contributed by atoms with Crippen LogP contribution in [-0.4, -0.2) is 15.7 Å². The van der Waals surface area contributed by atoms with Gasteiger partial charge in [-0.2, -0.15) is 5.10 Å². The van der Waals surface area contributed by atoms with Crippen molar-refractivity contribution in [2.45, 2.75) is 5.60 Å². The van der Waals surface area contributed by atoms with E-state index in [1.807, 2.05) is 66.7 Å². The molecule has 29 heavy (non-hydrogen) atoms. The molecule has 0 radical (unpaired) electrons. The smallest absolute Gasteiger partial charge is 0.342 e. The number of fused-ring (bicyclic) bond motifs is 6. The molecule has 1 aromatic heterocycles. The first-order chi connectivity index (χ1) is 14.2. The third-order valence-corrected chi connectivity index (χ3v) is 5.48. The summed E-state index contributed by atoms with van der Waals surface area (Å²) in [5.74, 6) is 1.31. The highest BCUT2D eigenvalue weighted by Gasteiger charge is 2.54. The van der Waals surface area contributed by atoms with Crippen LogP contribution in [0.3, 0.4) is 0 Å². The number of ether oxygens (including phenoxy) is 2. The zero-order valence-corrected chi connectivity index (χ0v) is 15.2. The predicted octanol–water partition coefficient (Wildman–Crippen LogP) is 4.02. The van der Waals surface area contributed by atoms with Gasteiger partial charge in [-0.15, -0.1) is 0 Å². The van der Waals surface area contributed by atoms with Crippen LogP contribution in [0.25, 0.3) is 5.69 Å². The molecule has 2 aliphatic heterocycles. The summed E-state index contributed by atoms with van der Waals surface area (Å²) in [6.07, 6.45) is 1.73. The van der Waals surface area contributed by atoms with E-state index < -0.39 is 11.6 Å². The van der Waals surface area contributed by atoms with E-state index in [0.717, 1.165) is 16.7 Å². The number of para-hydroxylation sites is 2. The lowest BCUT2D eigenvalue weighted by molar-refractivity contribution is 0.0224. The Morgan fingerprint density at radius 1 is 0.828 bits per heavy atom. The first-order valence-electron chi connectivity index (χ1n) is 9.24. The lowest BCUT2D eigenvalue weighted by Gasteiger charge is -2.36. The average molecular weight is 381 g/mol. The maximum atomic E-state index is 13.2. The van der Waals surface area contributed by atoms with Crippen LogP contribution in [0.2, 0.25) is 0 Å². The van der Waals surface area contributed by atoms with E-state index >= 15 is 0 Å². The van der Waals surface area contributed by atoms with E-state index in [1.54, 1.807) is 16.9 Å². The Morgan fingerprint density at radius 3 is 2.14 bits per heavy atom. The molecule has 140 valence electrons. The number of nitrogens with zero attached hydrogens (tertiary/aromatic N) is 2. The molecule has 0 unspecified atom stereocenters. The summed E-state index contributed by atoms with van der Waals surface area (Å²) in [7, 11) is 0. The second kappa shape index (κ2) is 5.48. The highest BCUT2D eigenvalue weighted by molar-refractivity contribution is 6.00. The standard InChI is InChI=1S/C23H15N3O3/c24-20-12-13-26(25-20)17-9-5-8-16-21(17)22(27)29-23(16)14-6-1-3-10-18(14)28-19-11-4-2-7-15(19)23/h1-13H,(H2,24,25). The predicted molar refractivity (Wildman–Crippen MR) is 106 cm³/mol.